The molecule has 2 amide bonds. The van der Waals surface area contributed by atoms with Gasteiger partial charge in [0, 0.05) is 17.4 Å². The van der Waals surface area contributed by atoms with Crippen molar-refractivity contribution < 1.29 is 14.0 Å². The number of rotatable bonds is 6. The first kappa shape index (κ1) is 17.7. The summed E-state index contributed by atoms with van der Waals surface area (Å²) in [6.45, 7) is 1.85. The maximum absolute atomic E-state index is 12.2. The molecule has 0 aliphatic carbocycles. The summed E-state index contributed by atoms with van der Waals surface area (Å²) >= 11 is 1.37. The van der Waals surface area contributed by atoms with Gasteiger partial charge in [0.2, 0.25) is 5.91 Å². The molecule has 3 rings (SSSR count). The van der Waals surface area contributed by atoms with Crippen LogP contribution in [-0.4, -0.2) is 11.8 Å². The average molecular weight is 366 g/mol. The zero-order valence-corrected chi connectivity index (χ0v) is 15.0. The first-order valence-corrected chi connectivity index (χ1v) is 8.85. The van der Waals surface area contributed by atoms with Crippen LogP contribution in [0.3, 0.4) is 0 Å². The fourth-order valence-corrected chi connectivity index (χ4v) is 3.84. The molecule has 2 aromatic heterocycles. The van der Waals surface area contributed by atoms with E-state index in [4.69, 9.17) is 10.2 Å². The van der Waals surface area contributed by atoms with Crippen molar-refractivity contribution in [2.45, 2.75) is 13.3 Å². The quantitative estimate of drug-likeness (QED) is 0.647. The molecular formula is C20H18N2O3S. The number of amides is 2. The van der Waals surface area contributed by atoms with Gasteiger partial charge < -0.3 is 15.5 Å². The molecule has 0 aliphatic heterocycles. The standard InChI is InChI=1S/C20H18N2O3S/c1-13-16(12-14-6-3-2-4-7-14)26-20(18(13)19(21)24)22-17(23)10-9-15-8-5-11-25-15/h2-11H,12H2,1H3,(H2,21,24)(H,22,23)/b10-9+. The normalized spacial score (nSPS) is 11.0. The molecule has 0 bridgehead atoms. The second-order valence-electron chi connectivity index (χ2n) is 5.72. The lowest BCUT2D eigenvalue weighted by atomic mass is 10.1. The monoisotopic (exact) mass is 366 g/mol. The lowest BCUT2D eigenvalue weighted by molar-refractivity contribution is -0.111. The smallest absolute Gasteiger partial charge is 0.251 e. The molecule has 3 N–H and O–H groups in total. The number of hydrogen-bond acceptors (Lipinski definition) is 4. The number of benzene rings is 1. The van der Waals surface area contributed by atoms with Gasteiger partial charge in [-0.2, -0.15) is 0 Å². The van der Waals surface area contributed by atoms with Crippen molar-refractivity contribution in [3.05, 3.63) is 82.1 Å². The number of carbonyl (C=O) groups is 2. The first-order chi connectivity index (χ1) is 12.5. The van der Waals surface area contributed by atoms with Gasteiger partial charge >= 0.3 is 0 Å². The number of primary amides is 1. The number of carbonyl (C=O) groups excluding carboxylic acids is 2. The Labute approximate surface area is 155 Å². The summed E-state index contributed by atoms with van der Waals surface area (Å²) in [4.78, 5) is 25.1. The average Bonchev–Trinajstić information content (AvgIpc) is 3.23. The van der Waals surface area contributed by atoms with Gasteiger partial charge in [-0.25, -0.2) is 0 Å². The summed E-state index contributed by atoms with van der Waals surface area (Å²) in [5.41, 5.74) is 7.82. The van der Waals surface area contributed by atoms with Crippen molar-refractivity contribution in [2.24, 2.45) is 5.73 Å². The zero-order valence-electron chi connectivity index (χ0n) is 14.2. The second-order valence-corrected chi connectivity index (χ2v) is 6.82. The highest BCUT2D eigenvalue weighted by atomic mass is 32.1. The predicted molar refractivity (Wildman–Crippen MR) is 103 cm³/mol. The number of nitrogens with two attached hydrogens (primary N) is 1. The molecule has 0 fully saturated rings. The Hall–Kier alpha value is -3.12. The van der Waals surface area contributed by atoms with E-state index in [9.17, 15) is 9.59 Å². The Morgan fingerprint density at radius 2 is 1.96 bits per heavy atom. The van der Waals surface area contributed by atoms with Gasteiger partial charge in [-0.3, -0.25) is 9.59 Å². The Morgan fingerprint density at radius 3 is 2.62 bits per heavy atom. The molecule has 132 valence electrons. The van der Waals surface area contributed by atoms with E-state index in [0.29, 0.717) is 22.7 Å². The third-order valence-corrected chi connectivity index (χ3v) is 5.09. The van der Waals surface area contributed by atoms with Crippen LogP contribution in [0.5, 0.6) is 0 Å². The molecule has 3 aromatic rings. The van der Waals surface area contributed by atoms with Crippen LogP contribution in [0.1, 0.15) is 32.1 Å². The molecule has 0 spiro atoms. The molecule has 1 aromatic carbocycles. The topological polar surface area (TPSA) is 85.3 Å². The van der Waals surface area contributed by atoms with Crippen molar-refractivity contribution >= 4 is 34.2 Å². The van der Waals surface area contributed by atoms with Crippen LogP contribution in [0.25, 0.3) is 6.08 Å². The van der Waals surface area contributed by atoms with Gasteiger partial charge in [-0.15, -0.1) is 11.3 Å². The summed E-state index contributed by atoms with van der Waals surface area (Å²) in [5, 5.41) is 3.22. The van der Waals surface area contributed by atoms with Crippen LogP contribution < -0.4 is 11.1 Å². The summed E-state index contributed by atoms with van der Waals surface area (Å²) in [7, 11) is 0. The van der Waals surface area contributed by atoms with Gasteiger partial charge in [-0.1, -0.05) is 30.3 Å². The third kappa shape index (κ3) is 4.10. The number of anilines is 1. The van der Waals surface area contributed by atoms with Gasteiger partial charge in [0.25, 0.3) is 5.91 Å². The summed E-state index contributed by atoms with van der Waals surface area (Å²) < 4.78 is 5.15. The van der Waals surface area contributed by atoms with Gasteiger partial charge in [-0.05, 0) is 36.3 Å². The third-order valence-electron chi connectivity index (χ3n) is 3.88. The Kier molecular flexibility index (Phi) is 5.34. The molecule has 0 atom stereocenters. The summed E-state index contributed by atoms with van der Waals surface area (Å²) in [6.07, 6.45) is 5.12. The van der Waals surface area contributed by atoms with Crippen molar-refractivity contribution in [2.75, 3.05) is 5.32 Å². The minimum Gasteiger partial charge on any atom is -0.465 e. The van der Waals surface area contributed by atoms with E-state index >= 15 is 0 Å². The van der Waals surface area contributed by atoms with Crippen LogP contribution >= 0.6 is 11.3 Å². The highest BCUT2D eigenvalue weighted by molar-refractivity contribution is 7.17. The Bertz CT molecular complexity index is 941. The second kappa shape index (κ2) is 7.84. The Balaban J connectivity index is 1.82. The van der Waals surface area contributed by atoms with E-state index in [1.807, 2.05) is 37.3 Å². The summed E-state index contributed by atoms with van der Waals surface area (Å²) in [6, 6.07) is 13.4. The van der Waals surface area contributed by atoms with E-state index in [1.54, 1.807) is 18.2 Å². The molecule has 0 saturated heterocycles. The van der Waals surface area contributed by atoms with E-state index < -0.39 is 5.91 Å². The molecule has 5 nitrogen and oxygen atoms in total. The van der Waals surface area contributed by atoms with Crippen LogP contribution in [0.4, 0.5) is 5.00 Å². The van der Waals surface area contributed by atoms with Crippen LogP contribution in [0.15, 0.2) is 59.2 Å². The minimum atomic E-state index is -0.552. The first-order valence-electron chi connectivity index (χ1n) is 8.03. The number of nitrogens with one attached hydrogen (secondary N) is 1. The molecule has 26 heavy (non-hydrogen) atoms. The van der Waals surface area contributed by atoms with Crippen LogP contribution in [0, 0.1) is 6.92 Å². The highest BCUT2D eigenvalue weighted by Crippen LogP contribution is 2.34. The van der Waals surface area contributed by atoms with E-state index in [0.717, 1.165) is 16.0 Å². The van der Waals surface area contributed by atoms with Crippen molar-refractivity contribution in [1.29, 1.82) is 0 Å². The zero-order chi connectivity index (χ0) is 18.5. The highest BCUT2D eigenvalue weighted by Gasteiger charge is 2.20. The predicted octanol–water partition coefficient (Wildman–Crippen LogP) is 3.99. The van der Waals surface area contributed by atoms with Crippen LogP contribution in [0.2, 0.25) is 0 Å². The van der Waals surface area contributed by atoms with Gasteiger partial charge in [0.1, 0.15) is 10.8 Å². The molecular weight excluding hydrogens is 348 g/mol. The fourth-order valence-electron chi connectivity index (χ4n) is 2.59. The fraction of sp³-hybridized carbons (Fsp3) is 0.100. The Morgan fingerprint density at radius 1 is 1.19 bits per heavy atom. The van der Waals surface area contributed by atoms with Crippen LogP contribution in [-0.2, 0) is 11.2 Å². The van der Waals surface area contributed by atoms with Crippen molar-refractivity contribution in [3.63, 3.8) is 0 Å². The lowest BCUT2D eigenvalue weighted by Crippen LogP contribution is -2.16. The van der Waals surface area contributed by atoms with E-state index in [1.165, 1.54) is 23.7 Å². The van der Waals surface area contributed by atoms with Crippen molar-refractivity contribution in [1.82, 2.24) is 0 Å². The molecule has 6 heteroatoms. The van der Waals surface area contributed by atoms with E-state index in [2.05, 4.69) is 5.32 Å². The summed E-state index contributed by atoms with van der Waals surface area (Å²) in [5.74, 6) is -0.331. The number of thiophene rings is 1. The molecule has 2 heterocycles. The molecule has 0 unspecified atom stereocenters. The number of hydrogen-bond donors (Lipinski definition) is 2. The lowest BCUT2D eigenvalue weighted by Gasteiger charge is -2.02. The van der Waals surface area contributed by atoms with Gasteiger partial charge in [0.05, 0.1) is 11.8 Å². The maximum atomic E-state index is 12.2. The number of furan rings is 1. The molecule has 0 radical (unpaired) electrons. The molecule has 0 aliphatic rings. The SMILES string of the molecule is Cc1c(Cc2ccccc2)sc(NC(=O)/C=C/c2ccco2)c1C(N)=O. The molecule has 0 saturated carbocycles. The maximum Gasteiger partial charge on any atom is 0.251 e. The van der Waals surface area contributed by atoms with Gasteiger partial charge in [0.15, 0.2) is 0 Å². The van der Waals surface area contributed by atoms with E-state index in [-0.39, 0.29) is 5.91 Å². The minimum absolute atomic E-state index is 0.351. The van der Waals surface area contributed by atoms with Crippen molar-refractivity contribution in [3.8, 4) is 0 Å². The largest absolute Gasteiger partial charge is 0.465 e.